The zero-order chi connectivity index (χ0) is 26.6. The average molecular weight is 528 g/mol. The van der Waals surface area contributed by atoms with Gasteiger partial charge in [0.2, 0.25) is 0 Å². The molecule has 0 aliphatic carbocycles. The van der Waals surface area contributed by atoms with Crippen LogP contribution in [0.2, 0.25) is 5.02 Å². The first-order valence-electron chi connectivity index (χ1n) is 12.9. The van der Waals surface area contributed by atoms with Crippen LogP contribution in [0.15, 0.2) is 72.8 Å². The van der Waals surface area contributed by atoms with Crippen molar-refractivity contribution in [2.45, 2.75) is 45.9 Å². The molecule has 5 rings (SSSR count). The third-order valence-electron chi connectivity index (χ3n) is 7.02. The van der Waals surface area contributed by atoms with Gasteiger partial charge in [0.15, 0.2) is 6.10 Å². The Labute approximate surface area is 227 Å². The number of amides is 1. The Bertz CT molecular complexity index is 1490. The van der Waals surface area contributed by atoms with Crippen LogP contribution in [0.1, 0.15) is 46.1 Å². The van der Waals surface area contributed by atoms with Crippen molar-refractivity contribution in [3.63, 3.8) is 0 Å². The number of nitrogens with zero attached hydrogens (tertiary/aromatic N) is 2. The molecule has 1 aliphatic heterocycles. The molecular weight excluding hydrogens is 498 g/mol. The van der Waals surface area contributed by atoms with Crippen molar-refractivity contribution in [2.75, 3.05) is 11.9 Å². The smallest absolute Gasteiger partial charge is 0.340 e. The largest absolute Gasteiger partial charge is 0.449 e. The lowest BCUT2D eigenvalue weighted by Crippen LogP contribution is -2.35. The Kier molecular flexibility index (Phi) is 7.72. The molecule has 0 radical (unpaired) electrons. The van der Waals surface area contributed by atoms with Crippen LogP contribution in [-0.2, 0) is 29.0 Å². The first-order chi connectivity index (χ1) is 18.4. The molecule has 6 nitrogen and oxygen atoms in total. The van der Waals surface area contributed by atoms with Gasteiger partial charge in [0.25, 0.3) is 5.91 Å². The van der Waals surface area contributed by atoms with Gasteiger partial charge >= 0.3 is 5.97 Å². The van der Waals surface area contributed by atoms with Gasteiger partial charge in [-0.05, 0) is 42.7 Å². The number of anilines is 1. The molecule has 1 atom stereocenters. The standard InChI is InChI=1S/C31H30ClN3O3/c1-3-28(30(36)34-25-15-9-13-24(32)20(25)2)38-31(37)29-22-12-7-8-14-26(22)33-27-16-17-35(19-23(27)29)18-21-10-5-4-6-11-21/h4-15,28H,3,16-19H2,1-2H3,(H,34,36). The van der Waals surface area contributed by atoms with Crippen molar-refractivity contribution in [1.82, 2.24) is 9.88 Å². The minimum atomic E-state index is -0.951. The van der Waals surface area contributed by atoms with E-state index in [2.05, 4.69) is 22.3 Å². The van der Waals surface area contributed by atoms with E-state index < -0.39 is 12.1 Å². The molecular formula is C31H30ClN3O3. The Morgan fingerprint density at radius 3 is 2.61 bits per heavy atom. The van der Waals surface area contributed by atoms with Crippen molar-refractivity contribution in [1.29, 1.82) is 0 Å². The van der Waals surface area contributed by atoms with E-state index in [1.165, 1.54) is 5.56 Å². The Hall–Kier alpha value is -3.74. The van der Waals surface area contributed by atoms with Gasteiger partial charge in [-0.25, -0.2) is 4.79 Å². The number of ether oxygens (including phenoxy) is 1. The lowest BCUT2D eigenvalue weighted by atomic mass is 9.95. The quantitative estimate of drug-likeness (QED) is 0.284. The zero-order valence-electron chi connectivity index (χ0n) is 21.5. The summed E-state index contributed by atoms with van der Waals surface area (Å²) in [6.45, 7) is 5.87. The Morgan fingerprint density at radius 2 is 1.82 bits per heavy atom. The van der Waals surface area contributed by atoms with Gasteiger partial charge in [0.05, 0.1) is 11.1 Å². The fourth-order valence-corrected chi connectivity index (χ4v) is 5.10. The number of esters is 1. The van der Waals surface area contributed by atoms with E-state index in [0.29, 0.717) is 29.2 Å². The number of hydrogen-bond donors (Lipinski definition) is 1. The molecule has 1 N–H and O–H groups in total. The number of fused-ring (bicyclic) bond motifs is 2. The van der Waals surface area contributed by atoms with Crippen molar-refractivity contribution >= 4 is 40.1 Å². The molecule has 1 aromatic heterocycles. The highest BCUT2D eigenvalue weighted by molar-refractivity contribution is 6.31. The summed E-state index contributed by atoms with van der Waals surface area (Å²) in [6, 6.07) is 23.2. The minimum Gasteiger partial charge on any atom is -0.449 e. The summed E-state index contributed by atoms with van der Waals surface area (Å²) in [4.78, 5) is 34.1. The SMILES string of the molecule is CCC(OC(=O)c1c2c(nc3ccccc13)CCN(Cc1ccccc1)C2)C(=O)Nc1cccc(Cl)c1C. The summed E-state index contributed by atoms with van der Waals surface area (Å²) in [5, 5.41) is 4.16. The number of carbonyl (C=O) groups is 2. The van der Waals surface area contributed by atoms with Gasteiger partial charge in [0.1, 0.15) is 0 Å². The van der Waals surface area contributed by atoms with Crippen molar-refractivity contribution in [2.24, 2.45) is 0 Å². The van der Waals surface area contributed by atoms with Crippen LogP contribution in [0.25, 0.3) is 10.9 Å². The number of aromatic nitrogens is 1. The first kappa shape index (κ1) is 25.9. The number of para-hydroxylation sites is 1. The van der Waals surface area contributed by atoms with Gasteiger partial charge in [-0.1, -0.05) is 73.1 Å². The molecule has 0 spiro atoms. The monoisotopic (exact) mass is 527 g/mol. The minimum absolute atomic E-state index is 0.336. The third-order valence-corrected chi connectivity index (χ3v) is 7.43. The maximum absolute atomic E-state index is 13.8. The van der Waals surface area contributed by atoms with E-state index in [1.54, 1.807) is 18.2 Å². The first-order valence-corrected chi connectivity index (χ1v) is 13.3. The van der Waals surface area contributed by atoms with Crippen LogP contribution in [-0.4, -0.2) is 34.4 Å². The highest BCUT2D eigenvalue weighted by Crippen LogP contribution is 2.30. The maximum atomic E-state index is 13.8. The van der Waals surface area contributed by atoms with E-state index in [9.17, 15) is 9.59 Å². The highest BCUT2D eigenvalue weighted by atomic mass is 35.5. The summed E-state index contributed by atoms with van der Waals surface area (Å²) >= 11 is 6.21. The van der Waals surface area contributed by atoms with Crippen molar-refractivity contribution in [3.05, 3.63) is 106 Å². The molecule has 0 saturated carbocycles. The number of halogens is 1. The average Bonchev–Trinajstić information content (AvgIpc) is 2.93. The predicted molar refractivity (Wildman–Crippen MR) is 150 cm³/mol. The summed E-state index contributed by atoms with van der Waals surface area (Å²) in [6.07, 6.45) is 0.120. The second-order valence-electron chi connectivity index (χ2n) is 9.58. The van der Waals surface area contributed by atoms with E-state index in [-0.39, 0.29) is 5.91 Å². The van der Waals surface area contributed by atoms with Crippen LogP contribution in [0.5, 0.6) is 0 Å². The normalized spacial score (nSPS) is 14.1. The van der Waals surface area contributed by atoms with Crippen LogP contribution in [0.3, 0.4) is 0 Å². The molecule has 4 aromatic rings. The summed E-state index contributed by atoms with van der Waals surface area (Å²) in [7, 11) is 0. The maximum Gasteiger partial charge on any atom is 0.340 e. The van der Waals surface area contributed by atoms with Crippen LogP contribution in [0, 0.1) is 6.92 Å². The Balaban J connectivity index is 1.43. The van der Waals surface area contributed by atoms with Crippen molar-refractivity contribution < 1.29 is 14.3 Å². The molecule has 1 aliphatic rings. The van der Waals surface area contributed by atoms with Crippen molar-refractivity contribution in [3.8, 4) is 0 Å². The topological polar surface area (TPSA) is 71.5 Å². The van der Waals surface area contributed by atoms with E-state index >= 15 is 0 Å². The summed E-state index contributed by atoms with van der Waals surface area (Å²) in [5.41, 5.74) is 5.60. The molecule has 2 heterocycles. The number of hydrogen-bond acceptors (Lipinski definition) is 5. The van der Waals surface area contributed by atoms with Gasteiger partial charge in [0, 0.05) is 53.4 Å². The predicted octanol–water partition coefficient (Wildman–Crippen LogP) is 6.33. The molecule has 0 fully saturated rings. The third kappa shape index (κ3) is 5.42. The summed E-state index contributed by atoms with van der Waals surface area (Å²) in [5.74, 6) is -0.893. The second-order valence-corrected chi connectivity index (χ2v) is 9.99. The molecule has 1 amide bonds. The van der Waals surface area contributed by atoms with E-state index in [0.717, 1.165) is 47.2 Å². The Morgan fingerprint density at radius 1 is 1.05 bits per heavy atom. The van der Waals surface area contributed by atoms with E-state index in [4.69, 9.17) is 21.3 Å². The van der Waals surface area contributed by atoms with Gasteiger partial charge in [-0.2, -0.15) is 0 Å². The van der Waals surface area contributed by atoms with Gasteiger partial charge < -0.3 is 10.1 Å². The molecule has 7 heteroatoms. The highest BCUT2D eigenvalue weighted by Gasteiger charge is 2.30. The fourth-order valence-electron chi connectivity index (χ4n) is 4.92. The lowest BCUT2D eigenvalue weighted by Gasteiger charge is -2.30. The van der Waals surface area contributed by atoms with Crippen LogP contribution < -0.4 is 5.32 Å². The number of carbonyl (C=O) groups excluding carboxylic acids is 2. The fraction of sp³-hybridized carbons (Fsp3) is 0.258. The zero-order valence-corrected chi connectivity index (χ0v) is 22.3. The number of benzene rings is 3. The number of pyridine rings is 1. The van der Waals surface area contributed by atoms with Crippen LogP contribution >= 0.6 is 11.6 Å². The molecule has 0 bridgehead atoms. The molecule has 3 aromatic carbocycles. The molecule has 194 valence electrons. The number of rotatable bonds is 7. The van der Waals surface area contributed by atoms with Crippen LogP contribution in [0.4, 0.5) is 5.69 Å². The molecule has 38 heavy (non-hydrogen) atoms. The molecule has 1 unspecified atom stereocenters. The summed E-state index contributed by atoms with van der Waals surface area (Å²) < 4.78 is 5.89. The number of nitrogens with one attached hydrogen (secondary N) is 1. The lowest BCUT2D eigenvalue weighted by molar-refractivity contribution is -0.124. The molecule has 0 saturated heterocycles. The van der Waals surface area contributed by atoms with E-state index in [1.807, 2.05) is 56.3 Å². The van der Waals surface area contributed by atoms with Gasteiger partial charge in [-0.15, -0.1) is 0 Å². The second kappa shape index (κ2) is 11.3. The van der Waals surface area contributed by atoms with Gasteiger partial charge in [-0.3, -0.25) is 14.7 Å².